The summed E-state index contributed by atoms with van der Waals surface area (Å²) < 4.78 is 25.6. The van der Waals surface area contributed by atoms with Crippen LogP contribution >= 0.6 is 0 Å². The Kier molecular flexibility index (Phi) is 7.68. The lowest BCUT2D eigenvalue weighted by Crippen LogP contribution is -2.38. The minimum absolute atomic E-state index is 0.0804. The summed E-state index contributed by atoms with van der Waals surface area (Å²) in [7, 11) is 1.49. The van der Waals surface area contributed by atoms with Crippen molar-refractivity contribution in [2.45, 2.75) is 46.3 Å². The summed E-state index contributed by atoms with van der Waals surface area (Å²) >= 11 is 0. The molecule has 0 aliphatic heterocycles. The van der Waals surface area contributed by atoms with Gasteiger partial charge in [-0.3, -0.25) is 0 Å². The number of benzene rings is 1. The second-order valence-electron chi connectivity index (χ2n) is 5.46. The zero-order chi connectivity index (χ0) is 15.8. The molecule has 3 nitrogen and oxygen atoms in total. The molecule has 0 saturated carbocycles. The maximum absolute atomic E-state index is 14.6. The highest BCUT2D eigenvalue weighted by Gasteiger charge is 2.29. The predicted molar refractivity (Wildman–Crippen MR) is 84.2 cm³/mol. The Hall–Kier alpha value is -1.13. The number of ether oxygens (including phenoxy) is 2. The van der Waals surface area contributed by atoms with Crippen LogP contribution in [0.4, 0.5) is 4.39 Å². The largest absolute Gasteiger partial charge is 0.494 e. The summed E-state index contributed by atoms with van der Waals surface area (Å²) in [6.07, 6.45) is 0.905. The normalized spacial score (nSPS) is 14.2. The van der Waals surface area contributed by atoms with Crippen LogP contribution in [0.5, 0.6) is 5.75 Å². The molecule has 0 radical (unpaired) electrons. The zero-order valence-electron chi connectivity index (χ0n) is 13.8. The van der Waals surface area contributed by atoms with Gasteiger partial charge in [0.2, 0.25) is 0 Å². The molecular weight excluding hydrogens is 269 g/mol. The standard InChI is InChI=1S/C17H28FNO2/c1-6-11-19-16(17(12(3)4)21-7-2)13-9-8-10-14(20-5)15(13)18/h8-10,12,16-17,19H,6-7,11H2,1-5H3. The topological polar surface area (TPSA) is 30.5 Å². The summed E-state index contributed by atoms with van der Waals surface area (Å²) in [4.78, 5) is 0. The van der Waals surface area contributed by atoms with E-state index in [1.165, 1.54) is 7.11 Å². The molecule has 0 fully saturated rings. The van der Waals surface area contributed by atoms with Gasteiger partial charge in [-0.2, -0.15) is 0 Å². The first-order chi connectivity index (χ1) is 10.1. The minimum atomic E-state index is -0.307. The van der Waals surface area contributed by atoms with Gasteiger partial charge >= 0.3 is 0 Å². The third-order valence-corrected chi connectivity index (χ3v) is 3.51. The van der Waals surface area contributed by atoms with E-state index in [2.05, 4.69) is 26.1 Å². The van der Waals surface area contributed by atoms with Crippen LogP contribution in [0, 0.1) is 11.7 Å². The number of rotatable bonds is 9. The van der Waals surface area contributed by atoms with Crippen molar-refractivity contribution in [3.05, 3.63) is 29.6 Å². The van der Waals surface area contributed by atoms with Crippen LogP contribution in [0.1, 0.15) is 45.7 Å². The monoisotopic (exact) mass is 297 g/mol. The Morgan fingerprint density at radius 2 is 1.95 bits per heavy atom. The molecule has 0 amide bonds. The SMILES string of the molecule is CCCNC(c1cccc(OC)c1F)C(OCC)C(C)C. The van der Waals surface area contributed by atoms with E-state index in [9.17, 15) is 4.39 Å². The molecule has 2 atom stereocenters. The molecular formula is C17H28FNO2. The van der Waals surface area contributed by atoms with E-state index in [1.54, 1.807) is 12.1 Å². The second kappa shape index (κ2) is 9.00. The van der Waals surface area contributed by atoms with Crippen LogP contribution in [0.2, 0.25) is 0 Å². The highest BCUT2D eigenvalue weighted by Crippen LogP contribution is 2.30. The first kappa shape index (κ1) is 17.9. The maximum atomic E-state index is 14.6. The molecule has 0 aliphatic rings. The fraction of sp³-hybridized carbons (Fsp3) is 0.647. The van der Waals surface area contributed by atoms with Gasteiger partial charge in [0.15, 0.2) is 11.6 Å². The fourth-order valence-electron chi connectivity index (χ4n) is 2.49. The van der Waals surface area contributed by atoms with E-state index < -0.39 is 0 Å². The van der Waals surface area contributed by atoms with Crippen LogP contribution in [-0.4, -0.2) is 26.4 Å². The maximum Gasteiger partial charge on any atom is 0.169 e. The van der Waals surface area contributed by atoms with Gasteiger partial charge < -0.3 is 14.8 Å². The van der Waals surface area contributed by atoms with Gasteiger partial charge in [-0.05, 0) is 31.9 Å². The number of hydrogen-bond donors (Lipinski definition) is 1. The molecule has 0 aliphatic carbocycles. The van der Waals surface area contributed by atoms with E-state index in [0.717, 1.165) is 13.0 Å². The van der Waals surface area contributed by atoms with E-state index in [1.807, 2.05) is 13.0 Å². The van der Waals surface area contributed by atoms with Crippen molar-refractivity contribution in [3.8, 4) is 5.75 Å². The number of hydrogen-bond acceptors (Lipinski definition) is 3. The minimum Gasteiger partial charge on any atom is -0.494 e. The fourth-order valence-corrected chi connectivity index (χ4v) is 2.49. The first-order valence-corrected chi connectivity index (χ1v) is 7.74. The summed E-state index contributed by atoms with van der Waals surface area (Å²) in [5, 5.41) is 3.42. The highest BCUT2D eigenvalue weighted by atomic mass is 19.1. The molecule has 21 heavy (non-hydrogen) atoms. The van der Waals surface area contributed by atoms with Crippen molar-refractivity contribution < 1.29 is 13.9 Å². The van der Waals surface area contributed by atoms with Gasteiger partial charge in [-0.15, -0.1) is 0 Å². The number of nitrogens with one attached hydrogen (secondary N) is 1. The summed E-state index contributed by atoms with van der Waals surface area (Å²) in [5.41, 5.74) is 0.606. The molecule has 0 saturated heterocycles. The third-order valence-electron chi connectivity index (χ3n) is 3.51. The Bertz CT molecular complexity index is 423. The average molecular weight is 297 g/mol. The molecule has 4 heteroatoms. The molecule has 1 aromatic carbocycles. The van der Waals surface area contributed by atoms with Crippen LogP contribution in [0.3, 0.4) is 0 Å². The van der Waals surface area contributed by atoms with Gasteiger partial charge in [-0.1, -0.05) is 32.9 Å². The quantitative estimate of drug-likeness (QED) is 0.749. The van der Waals surface area contributed by atoms with E-state index in [-0.39, 0.29) is 29.6 Å². The third kappa shape index (κ3) is 4.68. The van der Waals surface area contributed by atoms with E-state index in [0.29, 0.717) is 12.2 Å². The van der Waals surface area contributed by atoms with Crippen LogP contribution in [0.15, 0.2) is 18.2 Å². The Balaban J connectivity index is 3.17. The molecule has 2 unspecified atom stereocenters. The van der Waals surface area contributed by atoms with E-state index >= 15 is 0 Å². The van der Waals surface area contributed by atoms with Crippen molar-refractivity contribution in [2.24, 2.45) is 5.92 Å². The smallest absolute Gasteiger partial charge is 0.169 e. The molecule has 1 N–H and O–H groups in total. The molecule has 120 valence electrons. The average Bonchev–Trinajstić information content (AvgIpc) is 2.47. The summed E-state index contributed by atoms with van der Waals surface area (Å²) in [6.45, 7) is 9.68. The van der Waals surface area contributed by atoms with Crippen molar-refractivity contribution in [1.82, 2.24) is 5.32 Å². The number of methoxy groups -OCH3 is 1. The van der Waals surface area contributed by atoms with Crippen molar-refractivity contribution in [1.29, 1.82) is 0 Å². The van der Waals surface area contributed by atoms with Gasteiger partial charge in [-0.25, -0.2) is 4.39 Å². The van der Waals surface area contributed by atoms with Crippen LogP contribution < -0.4 is 10.1 Å². The second-order valence-corrected chi connectivity index (χ2v) is 5.46. The van der Waals surface area contributed by atoms with Crippen LogP contribution in [-0.2, 0) is 4.74 Å². The highest BCUT2D eigenvalue weighted by molar-refractivity contribution is 5.33. The molecule has 0 spiro atoms. The van der Waals surface area contributed by atoms with Gasteiger partial charge in [0.1, 0.15) is 0 Å². The van der Waals surface area contributed by atoms with Gasteiger partial charge in [0, 0.05) is 12.2 Å². The first-order valence-electron chi connectivity index (χ1n) is 7.74. The van der Waals surface area contributed by atoms with Gasteiger partial charge in [0.25, 0.3) is 0 Å². The van der Waals surface area contributed by atoms with Crippen LogP contribution in [0.25, 0.3) is 0 Å². The van der Waals surface area contributed by atoms with E-state index in [4.69, 9.17) is 9.47 Å². The molecule has 1 rings (SSSR count). The summed E-state index contributed by atoms with van der Waals surface area (Å²) in [6, 6.07) is 5.08. The molecule has 1 aromatic rings. The molecule has 0 heterocycles. The lowest BCUT2D eigenvalue weighted by atomic mass is 9.92. The van der Waals surface area contributed by atoms with Crippen molar-refractivity contribution >= 4 is 0 Å². The number of halogens is 1. The lowest BCUT2D eigenvalue weighted by Gasteiger charge is -2.31. The predicted octanol–water partition coefficient (Wildman–Crippen LogP) is 3.94. The summed E-state index contributed by atoms with van der Waals surface area (Å²) in [5.74, 6) is 0.249. The van der Waals surface area contributed by atoms with Crippen molar-refractivity contribution in [2.75, 3.05) is 20.3 Å². The Morgan fingerprint density at radius 3 is 2.48 bits per heavy atom. The lowest BCUT2D eigenvalue weighted by molar-refractivity contribution is 0.00194. The zero-order valence-corrected chi connectivity index (χ0v) is 13.8. The van der Waals surface area contributed by atoms with Gasteiger partial charge in [0.05, 0.1) is 19.3 Å². The Morgan fingerprint density at radius 1 is 1.24 bits per heavy atom. The molecule has 0 aromatic heterocycles. The Labute approximate surface area is 127 Å². The molecule has 0 bridgehead atoms. The van der Waals surface area contributed by atoms with Crippen molar-refractivity contribution in [3.63, 3.8) is 0 Å².